The third-order valence-corrected chi connectivity index (χ3v) is 5.97. The van der Waals surface area contributed by atoms with E-state index in [-0.39, 0.29) is 29.9 Å². The van der Waals surface area contributed by atoms with Crippen molar-refractivity contribution in [3.05, 3.63) is 59.7 Å². The number of carbonyl (C=O) groups is 1. The van der Waals surface area contributed by atoms with Gasteiger partial charge < -0.3 is 15.4 Å². The van der Waals surface area contributed by atoms with Crippen molar-refractivity contribution in [1.29, 1.82) is 5.41 Å². The van der Waals surface area contributed by atoms with Crippen LogP contribution in [0.3, 0.4) is 0 Å². The van der Waals surface area contributed by atoms with Crippen molar-refractivity contribution >= 4 is 21.6 Å². The first kappa shape index (κ1) is 23.5. The molecular weight excluding hydrogens is 451 g/mol. The van der Waals surface area contributed by atoms with Gasteiger partial charge in [-0.25, -0.2) is 13.2 Å². The lowest BCUT2D eigenvalue weighted by Gasteiger charge is -2.21. The zero-order valence-corrected chi connectivity index (χ0v) is 17.4. The second kappa shape index (κ2) is 9.53. The fraction of sp³-hybridized carbons (Fsp3) is 0.316. The summed E-state index contributed by atoms with van der Waals surface area (Å²) in [7, 11) is -4.19. The van der Waals surface area contributed by atoms with E-state index < -0.39 is 52.3 Å². The average molecular weight is 471 g/mol. The Labute approximate surface area is 181 Å². The van der Waals surface area contributed by atoms with Gasteiger partial charge in [0.25, 0.3) is 16.4 Å². The normalized spacial score (nSPS) is 16.7. The maximum absolute atomic E-state index is 14.1. The first-order valence-electron chi connectivity index (χ1n) is 9.37. The summed E-state index contributed by atoms with van der Waals surface area (Å²) >= 11 is 0. The maximum Gasteiger partial charge on any atom is 0.280 e. The molecule has 13 heteroatoms. The fourth-order valence-corrected chi connectivity index (χ4v) is 4.03. The van der Waals surface area contributed by atoms with Crippen molar-refractivity contribution in [1.82, 2.24) is 19.4 Å². The topological polar surface area (TPSA) is 128 Å². The zero-order chi connectivity index (χ0) is 23.5. The molecule has 1 aliphatic rings. The van der Waals surface area contributed by atoms with Crippen molar-refractivity contribution < 1.29 is 31.5 Å². The number of rotatable bonds is 8. The Morgan fingerprint density at radius 2 is 2.00 bits per heavy atom. The van der Waals surface area contributed by atoms with Gasteiger partial charge in [0, 0.05) is 30.1 Å². The van der Waals surface area contributed by atoms with Crippen LogP contribution in [0.5, 0.6) is 0 Å². The second-order valence-corrected chi connectivity index (χ2v) is 8.65. The summed E-state index contributed by atoms with van der Waals surface area (Å²) in [4.78, 5) is 14.0. The predicted molar refractivity (Wildman–Crippen MR) is 107 cm³/mol. The van der Waals surface area contributed by atoms with Crippen molar-refractivity contribution in [3.63, 3.8) is 0 Å². The molecule has 0 spiro atoms. The number of nitrogens with one attached hydrogen (secondary N) is 2. The molecule has 0 saturated carbocycles. The summed E-state index contributed by atoms with van der Waals surface area (Å²) in [6, 6.07) is 6.59. The van der Waals surface area contributed by atoms with Crippen LogP contribution in [-0.2, 0) is 21.4 Å². The Morgan fingerprint density at radius 1 is 1.28 bits per heavy atom. The third-order valence-electron chi connectivity index (χ3n) is 4.78. The summed E-state index contributed by atoms with van der Waals surface area (Å²) in [5.41, 5.74) is 0.151. The van der Waals surface area contributed by atoms with Gasteiger partial charge in [-0.05, 0) is 12.1 Å². The quantitative estimate of drug-likeness (QED) is 0.531. The van der Waals surface area contributed by atoms with E-state index in [0.29, 0.717) is 0 Å². The number of nitrogens with zero attached hydrogens (tertiary/aromatic N) is 3. The van der Waals surface area contributed by atoms with E-state index in [2.05, 4.69) is 9.82 Å². The summed E-state index contributed by atoms with van der Waals surface area (Å²) in [6.07, 6.45) is -0.576. The van der Waals surface area contributed by atoms with Gasteiger partial charge in [0.2, 0.25) is 5.91 Å². The van der Waals surface area contributed by atoms with Gasteiger partial charge in [0.15, 0.2) is 5.03 Å². The van der Waals surface area contributed by atoms with Gasteiger partial charge >= 0.3 is 0 Å². The summed E-state index contributed by atoms with van der Waals surface area (Å²) < 4.78 is 66.5. The molecule has 3 N–H and O–H groups in total. The SMILES string of the molecule is N=C1CN(C(=O)[C@H](CO)c2ccccc2F)C/C1=C/NS(=O)(=O)c1ccn(CC(F)F)n1. The summed E-state index contributed by atoms with van der Waals surface area (Å²) in [5.74, 6) is -2.43. The van der Waals surface area contributed by atoms with E-state index in [1.165, 1.54) is 29.2 Å². The van der Waals surface area contributed by atoms with E-state index in [4.69, 9.17) is 5.41 Å². The number of aromatic nitrogens is 2. The number of amides is 1. The molecule has 3 rings (SSSR count). The van der Waals surface area contributed by atoms with Crippen molar-refractivity contribution in [2.45, 2.75) is 23.9 Å². The van der Waals surface area contributed by atoms with Gasteiger partial charge in [0.05, 0.1) is 24.8 Å². The highest BCUT2D eigenvalue weighted by molar-refractivity contribution is 7.89. The zero-order valence-electron chi connectivity index (χ0n) is 16.6. The highest BCUT2D eigenvalue weighted by Crippen LogP contribution is 2.24. The monoisotopic (exact) mass is 471 g/mol. The Kier molecular flexibility index (Phi) is 6.99. The summed E-state index contributed by atoms with van der Waals surface area (Å²) in [6.45, 7) is -1.69. The number of carbonyl (C=O) groups excluding carboxylic acids is 1. The van der Waals surface area contributed by atoms with Crippen LogP contribution in [-0.4, -0.2) is 65.9 Å². The van der Waals surface area contributed by atoms with Crippen LogP contribution >= 0.6 is 0 Å². The van der Waals surface area contributed by atoms with E-state index >= 15 is 0 Å². The van der Waals surface area contributed by atoms with Crippen LogP contribution in [0, 0.1) is 11.2 Å². The standard InChI is InChI=1S/C19H20F3N5O4S/c20-15-4-2-1-3-13(15)14(11-28)19(29)26-8-12(16(23)9-26)7-24-32(30,31)18-5-6-27(25-18)10-17(21)22/h1-7,14,17,23-24,28H,8-11H2/b12-7-,23-16?/t14-/m1/s1. The number of aliphatic hydroxyl groups is 1. The number of benzene rings is 1. The van der Waals surface area contributed by atoms with E-state index in [1.54, 1.807) is 0 Å². The van der Waals surface area contributed by atoms with E-state index in [1.807, 2.05) is 0 Å². The molecule has 0 radical (unpaired) electrons. The minimum absolute atomic E-state index is 0.0176. The minimum Gasteiger partial charge on any atom is -0.395 e. The lowest BCUT2D eigenvalue weighted by molar-refractivity contribution is -0.132. The molecule has 1 fully saturated rings. The molecule has 2 aromatic rings. The Hall–Kier alpha value is -3.19. The van der Waals surface area contributed by atoms with Crippen LogP contribution in [0.25, 0.3) is 0 Å². The molecule has 1 aromatic heterocycles. The Bertz CT molecular complexity index is 1150. The number of sulfonamides is 1. The highest BCUT2D eigenvalue weighted by atomic mass is 32.2. The molecule has 0 unspecified atom stereocenters. The second-order valence-electron chi connectivity index (χ2n) is 6.99. The summed E-state index contributed by atoms with van der Waals surface area (Å²) in [5, 5.41) is 20.8. The minimum atomic E-state index is -4.19. The van der Waals surface area contributed by atoms with E-state index in [9.17, 15) is 31.5 Å². The van der Waals surface area contributed by atoms with Gasteiger partial charge in [0.1, 0.15) is 12.4 Å². The Balaban J connectivity index is 1.71. The highest BCUT2D eigenvalue weighted by Gasteiger charge is 2.33. The van der Waals surface area contributed by atoms with Crippen LogP contribution in [0.1, 0.15) is 11.5 Å². The van der Waals surface area contributed by atoms with Crippen LogP contribution in [0.4, 0.5) is 13.2 Å². The number of aliphatic hydroxyl groups excluding tert-OH is 1. The van der Waals surface area contributed by atoms with Gasteiger partial charge in [-0.3, -0.25) is 14.2 Å². The van der Waals surface area contributed by atoms with Crippen LogP contribution in [0.2, 0.25) is 0 Å². The van der Waals surface area contributed by atoms with Crippen molar-refractivity contribution in [2.24, 2.45) is 0 Å². The smallest absolute Gasteiger partial charge is 0.280 e. The van der Waals surface area contributed by atoms with Gasteiger partial charge in [-0.1, -0.05) is 18.2 Å². The van der Waals surface area contributed by atoms with Gasteiger partial charge in [-0.2, -0.15) is 13.5 Å². The molecule has 2 heterocycles. The van der Waals surface area contributed by atoms with Crippen LogP contribution < -0.4 is 4.72 Å². The number of hydrogen-bond donors (Lipinski definition) is 3. The number of alkyl halides is 2. The molecule has 9 nitrogen and oxygen atoms in total. The maximum atomic E-state index is 14.1. The van der Waals surface area contributed by atoms with E-state index in [0.717, 1.165) is 23.1 Å². The van der Waals surface area contributed by atoms with Crippen molar-refractivity contribution in [3.8, 4) is 0 Å². The molecular formula is C19H20F3N5O4S. The lowest BCUT2D eigenvalue weighted by atomic mass is 9.98. The third kappa shape index (κ3) is 5.16. The molecule has 32 heavy (non-hydrogen) atoms. The largest absolute Gasteiger partial charge is 0.395 e. The predicted octanol–water partition coefficient (Wildman–Crippen LogP) is 1.09. The number of likely N-dealkylation sites (tertiary alicyclic amines) is 1. The molecule has 1 saturated heterocycles. The van der Waals surface area contributed by atoms with Crippen LogP contribution in [0.15, 0.2) is 53.3 Å². The molecule has 1 aliphatic heterocycles. The molecule has 0 bridgehead atoms. The molecule has 0 aliphatic carbocycles. The first-order chi connectivity index (χ1) is 15.1. The van der Waals surface area contributed by atoms with Crippen molar-refractivity contribution in [2.75, 3.05) is 19.7 Å². The van der Waals surface area contributed by atoms with Gasteiger partial charge in [-0.15, -0.1) is 0 Å². The molecule has 1 atom stereocenters. The number of hydrogen-bond acceptors (Lipinski definition) is 6. The molecule has 172 valence electrons. The molecule has 1 amide bonds. The lowest BCUT2D eigenvalue weighted by Crippen LogP contribution is -2.35. The molecule has 1 aromatic carbocycles. The number of halogens is 3. The average Bonchev–Trinajstić information content (AvgIpc) is 3.35. The fourth-order valence-electron chi connectivity index (χ4n) is 3.16. The first-order valence-corrected chi connectivity index (χ1v) is 10.9. The Morgan fingerprint density at radius 3 is 2.66 bits per heavy atom.